The van der Waals surface area contributed by atoms with Gasteiger partial charge in [0.15, 0.2) is 31.5 Å². The van der Waals surface area contributed by atoms with E-state index in [9.17, 15) is 111 Å². The molecule has 6 fully saturated rings. The quantitative estimate of drug-likeness (QED) is 0.0188. The molecule has 5 saturated heterocycles. The first-order chi connectivity index (χ1) is 40.1. The van der Waals surface area contributed by atoms with Crippen LogP contribution in [-0.2, 0) is 74.6 Å². The Labute approximate surface area is 489 Å². The van der Waals surface area contributed by atoms with E-state index >= 15 is 0 Å². The number of thiol groups is 1. The number of hydrogen-bond donors (Lipinski definition) is 23. The van der Waals surface area contributed by atoms with E-state index in [1.54, 1.807) is 0 Å². The summed E-state index contributed by atoms with van der Waals surface area (Å²) in [5.74, 6) is 0.609. The number of aliphatic hydroxyl groups excluding tert-OH is 18. The van der Waals surface area contributed by atoms with Crippen LogP contribution in [0.3, 0.4) is 0 Å². The first kappa shape index (κ1) is 73.4. The van der Waals surface area contributed by atoms with Crippen LogP contribution in [0, 0.1) is 0 Å². The highest BCUT2D eigenvalue weighted by atomic mass is 32.1. The Morgan fingerprint density at radius 1 is 0.388 bits per heavy atom. The fourth-order valence-electron chi connectivity index (χ4n) is 9.93. The fraction of sp³-hybridized carbons (Fsp3) is 1.00. The molecular weight excluding hydrogens is 1230 g/mol. The molecule has 6 aliphatic rings. The smallest absolute Gasteiger partial charge is 0.394 e. The molecule has 6 rings (SSSR count). The molecule has 33 atom stereocenters. The van der Waals surface area contributed by atoms with Gasteiger partial charge in [-0.05, 0) is 18.6 Å². The maximum Gasteiger partial charge on any atom is 0.472 e. The summed E-state index contributed by atoms with van der Waals surface area (Å²) in [5.41, 5.74) is 11.6. The lowest BCUT2D eigenvalue weighted by Gasteiger charge is -2.49. The number of ether oxygens (including phenoxy) is 10. The van der Waals surface area contributed by atoms with Gasteiger partial charge in [0.05, 0.1) is 52.3 Å². The number of unbranched alkanes of at least 4 members (excludes halogenated alkanes) is 3. The van der Waals surface area contributed by atoms with Crippen LogP contribution < -0.4 is 11.5 Å². The second-order valence-electron chi connectivity index (χ2n) is 20.8. The number of aliphatic hydroxyl groups is 18. The maximum atomic E-state index is 13.0. The SMILES string of the molecule is NCCOP(=O)(O)OC[C@H]1O[C@H](O[C@@H]2[C@@H](OC[C@H]3O[C@H](O[C@H]4[C@H](O)[C@@H](N)[C@@H](O[C@@H]5[C@@H](O)[C@H](O)[C@@H](O)[C@@H](O)[C@H]5OP(=O)(O)OCCCCCCS)O[C@@H]4CO)[C@@H](O)[C@@H](O)[C@@H]3O)O[C@H](CO)[C@@H](O)[C@@H]2O)[C@@H](O[C@H]2O[C@H](CO)[C@@H](O)[C@H](O)[C@@H]2O)[C@@H](O)[C@@H]1O. The van der Waals surface area contributed by atoms with E-state index in [1.165, 1.54) is 0 Å². The highest BCUT2D eigenvalue weighted by molar-refractivity contribution is 7.80. The van der Waals surface area contributed by atoms with Gasteiger partial charge in [-0.2, -0.15) is 12.6 Å². The number of phosphoric ester groups is 2. The molecule has 0 spiro atoms. The summed E-state index contributed by atoms with van der Waals surface area (Å²) in [4.78, 5) is 20.7. The lowest BCUT2D eigenvalue weighted by molar-refractivity contribution is -0.396. The van der Waals surface area contributed by atoms with Gasteiger partial charge in [-0.15, -0.1) is 0 Å². The molecule has 0 amide bonds. The molecule has 0 aromatic rings. The first-order valence-corrected chi connectivity index (χ1v) is 30.6. The van der Waals surface area contributed by atoms with E-state index in [2.05, 4.69) is 17.2 Å². The van der Waals surface area contributed by atoms with Crippen molar-refractivity contribution >= 4 is 28.3 Å². The van der Waals surface area contributed by atoms with Crippen molar-refractivity contribution in [1.82, 2.24) is 0 Å². The summed E-state index contributed by atoms with van der Waals surface area (Å²) in [7, 11) is -10.1. The zero-order valence-corrected chi connectivity index (χ0v) is 47.7. The minimum absolute atomic E-state index is 0.237. The predicted octanol–water partition coefficient (Wildman–Crippen LogP) is -12.0. The Bertz CT molecular complexity index is 2090. The maximum absolute atomic E-state index is 13.0. The summed E-state index contributed by atoms with van der Waals surface area (Å²) in [5, 5.41) is 195. The van der Waals surface area contributed by atoms with Crippen molar-refractivity contribution in [3.05, 3.63) is 0 Å². The molecule has 24 N–H and O–H groups in total. The van der Waals surface area contributed by atoms with Crippen molar-refractivity contribution in [2.45, 2.75) is 216 Å². The van der Waals surface area contributed by atoms with E-state index in [0.29, 0.717) is 18.6 Å². The van der Waals surface area contributed by atoms with Crippen molar-refractivity contribution < 1.29 is 176 Å². The lowest BCUT2D eigenvalue weighted by atomic mass is 9.84. The minimum Gasteiger partial charge on any atom is -0.394 e. The topological polar surface area (TPSA) is 620 Å². The molecule has 0 bridgehead atoms. The average Bonchev–Trinajstić information content (AvgIpc) is 1.89. The minimum atomic E-state index is -5.13. The third-order valence-corrected chi connectivity index (χ3v) is 17.2. The second kappa shape index (κ2) is 32.8. The van der Waals surface area contributed by atoms with Gasteiger partial charge in [0, 0.05) is 6.54 Å². The number of nitrogens with two attached hydrogens (primary N) is 2. The van der Waals surface area contributed by atoms with Crippen molar-refractivity contribution in [3.63, 3.8) is 0 Å². The van der Waals surface area contributed by atoms with Crippen LogP contribution in [0.5, 0.6) is 0 Å². The predicted molar refractivity (Wildman–Crippen MR) is 272 cm³/mol. The Morgan fingerprint density at radius 2 is 0.800 bits per heavy atom. The van der Waals surface area contributed by atoms with Gasteiger partial charge in [-0.3, -0.25) is 18.1 Å². The lowest BCUT2D eigenvalue weighted by Crippen LogP contribution is -2.69. The summed E-state index contributed by atoms with van der Waals surface area (Å²) in [6.07, 6.45) is -59.9. The second-order valence-corrected chi connectivity index (χ2v) is 24.1. The van der Waals surface area contributed by atoms with Gasteiger partial charge < -0.3 is 161 Å². The van der Waals surface area contributed by atoms with Crippen LogP contribution in [0.4, 0.5) is 0 Å². The normalized spacial score (nSPS) is 47.0. The van der Waals surface area contributed by atoms with Gasteiger partial charge >= 0.3 is 15.6 Å². The Hall–Kier alpha value is -0.630. The van der Waals surface area contributed by atoms with Gasteiger partial charge in [0.25, 0.3) is 0 Å². The Morgan fingerprint density at radius 3 is 1.38 bits per heavy atom. The van der Waals surface area contributed by atoms with Gasteiger partial charge in [0.1, 0.15) is 153 Å². The summed E-state index contributed by atoms with van der Waals surface area (Å²) in [6, 6.07) is -1.84. The average molecular weight is 1310 g/mol. The third-order valence-electron chi connectivity index (χ3n) is 14.9. The molecule has 1 saturated carbocycles. The molecule has 38 nitrogen and oxygen atoms in total. The molecule has 5 heterocycles. The van der Waals surface area contributed by atoms with Crippen molar-refractivity contribution in [3.8, 4) is 0 Å². The van der Waals surface area contributed by atoms with Gasteiger partial charge in [-0.25, -0.2) is 9.13 Å². The molecule has 5 aliphatic heterocycles. The van der Waals surface area contributed by atoms with E-state index < -0.39 is 245 Å². The largest absolute Gasteiger partial charge is 0.472 e. The third kappa shape index (κ3) is 17.9. The monoisotopic (exact) mass is 1310 g/mol. The molecule has 0 aromatic carbocycles. The fourth-order valence-corrected chi connectivity index (χ4v) is 11.9. The van der Waals surface area contributed by atoms with Crippen molar-refractivity contribution in [2.75, 3.05) is 58.5 Å². The highest BCUT2D eigenvalue weighted by Gasteiger charge is 2.58. The molecule has 500 valence electrons. The molecule has 85 heavy (non-hydrogen) atoms. The zero-order valence-electron chi connectivity index (χ0n) is 45.1. The van der Waals surface area contributed by atoms with E-state index in [-0.39, 0.29) is 13.2 Å². The number of hydrogen-bond acceptors (Lipinski definition) is 37. The molecule has 41 heteroatoms. The Balaban J connectivity index is 1.18. The standard InChI is InChI=1S/C44H82N2O36P2S/c45-5-7-71-83(65,66)72-13-18-23(53)30(60)39(80-41-33(63)25(55)20(50)14(9-47)73-41)44(77-18)81-38-29(59)21(51)15(10-48)74-43(38)69-12-17-22(52)26(56)34(64)42(76-17)78-35-16(11-49)75-40(19(46)24(35)54)79-36-31(61)27(57)28(58)32(62)37(36)82-84(67,68)70-6-3-1-2-4-8-85/h14-44,47-64,85H,1-13,45-46H2,(H,65,66)(H,67,68)/t14-,15-,16-,17-,18-,19-,20-,21-,22-,23-,24-,25+,26+,27-,28-,29+,30+,31+,32-,33+,34+,35-,36-,37-,38+,39+,40-,41-,42-,43+,44-/m1/s1. The van der Waals surface area contributed by atoms with E-state index in [4.69, 9.17) is 72.4 Å². The van der Waals surface area contributed by atoms with Crippen LogP contribution >= 0.6 is 28.3 Å². The van der Waals surface area contributed by atoms with Crippen molar-refractivity contribution in [1.29, 1.82) is 0 Å². The molecule has 0 radical (unpaired) electrons. The molecule has 2 unspecified atom stereocenters. The van der Waals surface area contributed by atoms with E-state index in [1.807, 2.05) is 0 Å². The molecular formula is C44H82N2O36P2S. The first-order valence-electron chi connectivity index (χ1n) is 27.0. The molecule has 1 aliphatic carbocycles. The van der Waals surface area contributed by atoms with Crippen LogP contribution in [0.2, 0.25) is 0 Å². The highest BCUT2D eigenvalue weighted by Crippen LogP contribution is 2.48. The van der Waals surface area contributed by atoms with E-state index in [0.717, 1.165) is 12.8 Å². The Kier molecular flexibility index (Phi) is 28.3. The number of rotatable bonds is 29. The summed E-state index contributed by atoms with van der Waals surface area (Å²) >= 11 is 4.12. The van der Waals surface area contributed by atoms with Gasteiger partial charge in [0.2, 0.25) is 0 Å². The van der Waals surface area contributed by atoms with Crippen LogP contribution in [-0.4, -0.2) is 350 Å². The summed E-state index contributed by atoms with van der Waals surface area (Å²) in [6.45, 7) is -6.19. The van der Waals surface area contributed by atoms with Crippen molar-refractivity contribution in [2.24, 2.45) is 11.5 Å². The van der Waals surface area contributed by atoms with Crippen LogP contribution in [0.15, 0.2) is 0 Å². The summed E-state index contributed by atoms with van der Waals surface area (Å²) < 4.78 is 103. The zero-order chi connectivity index (χ0) is 63.0. The van der Waals surface area contributed by atoms with Gasteiger partial charge in [-0.1, -0.05) is 12.8 Å². The molecule has 0 aromatic heterocycles. The number of phosphoric acid groups is 2. The van der Waals surface area contributed by atoms with Crippen LogP contribution in [0.1, 0.15) is 25.7 Å². The van der Waals surface area contributed by atoms with Crippen LogP contribution in [0.25, 0.3) is 0 Å².